The second-order valence-electron chi connectivity index (χ2n) is 8.31. The van der Waals surface area contributed by atoms with Crippen LogP contribution in [0.4, 0.5) is 5.69 Å². The van der Waals surface area contributed by atoms with Crippen LogP contribution in [0.2, 0.25) is 0 Å². The Morgan fingerprint density at radius 3 is 2.60 bits per heavy atom. The summed E-state index contributed by atoms with van der Waals surface area (Å²) in [4.78, 5) is 16.1. The molecule has 1 saturated heterocycles. The van der Waals surface area contributed by atoms with Gasteiger partial charge >= 0.3 is 0 Å². The van der Waals surface area contributed by atoms with Crippen LogP contribution in [0.5, 0.6) is 5.75 Å². The zero-order valence-corrected chi connectivity index (χ0v) is 17.6. The third-order valence-corrected chi connectivity index (χ3v) is 5.70. The van der Waals surface area contributed by atoms with Crippen molar-refractivity contribution in [1.29, 1.82) is 0 Å². The number of hydrogen-bond donors (Lipinski definition) is 2. The lowest BCUT2D eigenvalue weighted by Gasteiger charge is -2.37. The number of fused-ring (bicyclic) bond motifs is 2. The molecular weight excluding hydrogens is 378 g/mol. The molecule has 0 amide bonds. The summed E-state index contributed by atoms with van der Waals surface area (Å²) in [5, 5.41) is 20.5. The van der Waals surface area contributed by atoms with Gasteiger partial charge in [0.15, 0.2) is 11.5 Å². The molecule has 8 nitrogen and oxygen atoms in total. The summed E-state index contributed by atoms with van der Waals surface area (Å²) >= 11 is 0. The van der Waals surface area contributed by atoms with Crippen LogP contribution < -0.4 is 10.2 Å². The van der Waals surface area contributed by atoms with Gasteiger partial charge in [0.25, 0.3) is 0 Å². The molecule has 30 heavy (non-hydrogen) atoms. The second kappa shape index (κ2) is 6.91. The number of nitrogens with one attached hydrogen (secondary N) is 1. The lowest BCUT2D eigenvalue weighted by atomic mass is 10.1. The molecule has 1 fully saturated rings. The Hall–Kier alpha value is -3.26. The van der Waals surface area contributed by atoms with Crippen molar-refractivity contribution in [2.45, 2.75) is 32.9 Å². The van der Waals surface area contributed by atoms with Crippen molar-refractivity contribution in [2.24, 2.45) is 7.05 Å². The number of piperazine rings is 1. The average Bonchev–Trinajstić information content (AvgIpc) is 3.10. The highest BCUT2D eigenvalue weighted by Gasteiger charge is 2.22. The van der Waals surface area contributed by atoms with Crippen LogP contribution in [0.3, 0.4) is 0 Å². The van der Waals surface area contributed by atoms with Gasteiger partial charge in [-0.2, -0.15) is 5.10 Å². The van der Waals surface area contributed by atoms with Crippen LogP contribution in [-0.2, 0) is 7.05 Å². The van der Waals surface area contributed by atoms with E-state index in [-0.39, 0.29) is 5.75 Å². The molecule has 5 rings (SSSR count). The summed E-state index contributed by atoms with van der Waals surface area (Å²) < 4.78 is 1.74. The minimum Gasteiger partial charge on any atom is -0.507 e. The van der Waals surface area contributed by atoms with Crippen LogP contribution in [0, 0.1) is 6.92 Å². The number of aromatic nitrogens is 5. The van der Waals surface area contributed by atoms with Crippen LogP contribution >= 0.6 is 0 Å². The molecule has 1 aliphatic rings. The first-order valence-electron chi connectivity index (χ1n) is 10.2. The Labute approximate surface area is 174 Å². The van der Waals surface area contributed by atoms with Crippen molar-refractivity contribution in [1.82, 2.24) is 30.0 Å². The molecule has 1 aromatic carbocycles. The Kier molecular flexibility index (Phi) is 4.32. The predicted molar refractivity (Wildman–Crippen MR) is 118 cm³/mol. The highest BCUT2D eigenvalue weighted by Crippen LogP contribution is 2.35. The van der Waals surface area contributed by atoms with Gasteiger partial charge in [0.05, 0.1) is 23.0 Å². The number of benzene rings is 1. The molecule has 0 saturated carbocycles. The van der Waals surface area contributed by atoms with Crippen molar-refractivity contribution in [3.05, 3.63) is 36.3 Å². The maximum absolute atomic E-state index is 10.7. The van der Waals surface area contributed by atoms with Gasteiger partial charge in [-0.05, 0) is 32.9 Å². The molecule has 4 heterocycles. The fourth-order valence-electron chi connectivity index (χ4n) is 4.36. The van der Waals surface area contributed by atoms with Crippen molar-refractivity contribution < 1.29 is 5.11 Å². The number of pyridine rings is 1. The van der Waals surface area contributed by atoms with E-state index in [4.69, 9.17) is 0 Å². The van der Waals surface area contributed by atoms with E-state index in [0.717, 1.165) is 40.6 Å². The third kappa shape index (κ3) is 3.13. The van der Waals surface area contributed by atoms with Crippen molar-refractivity contribution in [2.75, 3.05) is 18.0 Å². The van der Waals surface area contributed by atoms with Crippen LogP contribution in [0.25, 0.3) is 33.3 Å². The number of phenolic OH excluding ortho intramolecular Hbond substituents is 1. The Bertz CT molecular complexity index is 1260. The molecule has 0 radical (unpaired) electrons. The maximum Gasteiger partial charge on any atom is 0.165 e. The van der Waals surface area contributed by atoms with E-state index >= 15 is 0 Å². The first-order chi connectivity index (χ1) is 14.4. The minimum atomic E-state index is 0.154. The molecule has 8 heteroatoms. The lowest BCUT2D eigenvalue weighted by Crippen LogP contribution is -2.54. The molecule has 3 aromatic heterocycles. The largest absolute Gasteiger partial charge is 0.507 e. The molecule has 0 bridgehead atoms. The first kappa shape index (κ1) is 18.7. The van der Waals surface area contributed by atoms with Gasteiger partial charge in [0.1, 0.15) is 5.75 Å². The molecule has 1 aliphatic heterocycles. The fourth-order valence-corrected chi connectivity index (χ4v) is 4.36. The normalized spacial score (nSPS) is 19.7. The van der Waals surface area contributed by atoms with Gasteiger partial charge in [-0.15, -0.1) is 0 Å². The number of anilines is 1. The third-order valence-electron chi connectivity index (χ3n) is 5.70. The second-order valence-corrected chi connectivity index (χ2v) is 8.31. The van der Waals surface area contributed by atoms with E-state index in [1.54, 1.807) is 10.9 Å². The Morgan fingerprint density at radius 2 is 1.83 bits per heavy atom. The summed E-state index contributed by atoms with van der Waals surface area (Å²) in [5.74, 6) is 0.611. The highest BCUT2D eigenvalue weighted by atomic mass is 16.3. The van der Waals surface area contributed by atoms with Gasteiger partial charge in [-0.25, -0.2) is 15.0 Å². The van der Waals surface area contributed by atoms with E-state index in [2.05, 4.69) is 50.2 Å². The lowest BCUT2D eigenvalue weighted by molar-refractivity contribution is 0.407. The molecule has 0 spiro atoms. The van der Waals surface area contributed by atoms with E-state index in [9.17, 15) is 5.11 Å². The average molecular weight is 403 g/mol. The van der Waals surface area contributed by atoms with E-state index in [1.807, 2.05) is 32.4 Å². The van der Waals surface area contributed by atoms with E-state index in [1.165, 1.54) is 0 Å². The number of rotatable bonds is 2. The number of nitrogens with zero attached hydrogens (tertiary/aromatic N) is 6. The molecular formula is C22H25N7O. The standard InChI is InChI=1S/C22H25N7O/c1-12-9-29(10-13(2)25-12)17-5-15-7-23-22(26-21(15)24-8-17)18-6-16-11-28(4)27-19(16)14(3)20(18)30/h5-8,11-13,25,30H,9-10H2,1-4H3. The predicted octanol–water partition coefficient (Wildman–Crippen LogP) is 2.78. The Morgan fingerprint density at radius 1 is 1.07 bits per heavy atom. The summed E-state index contributed by atoms with van der Waals surface area (Å²) in [5.41, 5.74) is 3.78. The van der Waals surface area contributed by atoms with Crippen LogP contribution in [0.15, 0.2) is 30.7 Å². The highest BCUT2D eigenvalue weighted by molar-refractivity contribution is 5.90. The molecule has 4 aromatic rings. The van der Waals surface area contributed by atoms with Gasteiger partial charge in [0.2, 0.25) is 0 Å². The van der Waals surface area contributed by atoms with Crippen molar-refractivity contribution in [3.8, 4) is 17.1 Å². The summed E-state index contributed by atoms with van der Waals surface area (Å²) in [6.45, 7) is 8.12. The number of aryl methyl sites for hydroxylation is 2. The molecule has 154 valence electrons. The Balaban J connectivity index is 1.55. The quantitative estimate of drug-likeness (QED) is 0.532. The van der Waals surface area contributed by atoms with E-state index in [0.29, 0.717) is 29.1 Å². The zero-order valence-electron chi connectivity index (χ0n) is 17.6. The number of phenols is 1. The smallest absolute Gasteiger partial charge is 0.165 e. The first-order valence-corrected chi connectivity index (χ1v) is 10.2. The summed E-state index contributed by atoms with van der Waals surface area (Å²) in [6, 6.07) is 4.82. The topological polar surface area (TPSA) is 92.0 Å². The number of hydrogen-bond acceptors (Lipinski definition) is 7. The SMILES string of the molecule is Cc1c(O)c(-c2ncc3cc(N4CC(C)NC(C)C4)cnc3n2)cc2cn(C)nc12. The van der Waals surface area contributed by atoms with Crippen molar-refractivity contribution >= 4 is 27.6 Å². The molecule has 0 aliphatic carbocycles. The molecule has 2 N–H and O–H groups in total. The fraction of sp³-hybridized carbons (Fsp3) is 0.364. The zero-order chi connectivity index (χ0) is 21.0. The molecule has 2 atom stereocenters. The molecule has 2 unspecified atom stereocenters. The van der Waals surface area contributed by atoms with Gasteiger partial charge < -0.3 is 15.3 Å². The minimum absolute atomic E-state index is 0.154. The van der Waals surface area contributed by atoms with Crippen LogP contribution in [-0.4, -0.2) is 55.0 Å². The number of aromatic hydroxyl groups is 1. The van der Waals surface area contributed by atoms with E-state index < -0.39 is 0 Å². The maximum atomic E-state index is 10.7. The summed E-state index contributed by atoms with van der Waals surface area (Å²) in [7, 11) is 1.87. The van der Waals surface area contributed by atoms with Crippen LogP contribution in [0.1, 0.15) is 19.4 Å². The van der Waals surface area contributed by atoms with Gasteiger partial charge in [-0.1, -0.05) is 0 Å². The summed E-state index contributed by atoms with van der Waals surface area (Å²) in [6.07, 6.45) is 5.58. The van der Waals surface area contributed by atoms with Gasteiger partial charge in [0, 0.05) is 61.0 Å². The van der Waals surface area contributed by atoms with Crippen molar-refractivity contribution in [3.63, 3.8) is 0 Å². The monoisotopic (exact) mass is 403 g/mol. The van der Waals surface area contributed by atoms with Gasteiger partial charge in [-0.3, -0.25) is 4.68 Å².